The summed E-state index contributed by atoms with van der Waals surface area (Å²) in [5.41, 5.74) is 2.36. The molecule has 0 fully saturated rings. The lowest BCUT2D eigenvalue weighted by molar-refractivity contribution is 0.111. The highest BCUT2D eigenvalue weighted by molar-refractivity contribution is 5.27. The average molecular weight is 277 g/mol. The molecule has 0 aliphatic rings. The molecule has 0 aromatic heterocycles. The number of aliphatic hydroxyl groups is 1. The molecule has 1 rings (SSSR count). The minimum Gasteiger partial charge on any atom is -0.387 e. The third-order valence-corrected chi connectivity index (χ3v) is 3.90. The molecule has 0 heterocycles. The molecule has 0 saturated carbocycles. The van der Waals surface area contributed by atoms with Gasteiger partial charge >= 0.3 is 0 Å². The second-order valence-electron chi connectivity index (χ2n) is 6.83. The van der Waals surface area contributed by atoms with E-state index in [9.17, 15) is 5.11 Å². The van der Waals surface area contributed by atoms with Crippen LogP contribution in [0.1, 0.15) is 77.5 Å². The van der Waals surface area contributed by atoms with Gasteiger partial charge in [-0.3, -0.25) is 0 Å². The van der Waals surface area contributed by atoms with E-state index >= 15 is 0 Å². The van der Waals surface area contributed by atoms with Gasteiger partial charge in [-0.15, -0.1) is 0 Å². The zero-order valence-corrected chi connectivity index (χ0v) is 13.9. The van der Waals surface area contributed by atoms with Crippen LogP contribution < -0.4 is 5.32 Å². The lowest BCUT2D eigenvalue weighted by atomic mass is 9.93. The predicted molar refractivity (Wildman–Crippen MR) is 87.1 cm³/mol. The van der Waals surface area contributed by atoms with Gasteiger partial charge in [-0.25, -0.2) is 0 Å². The van der Waals surface area contributed by atoms with Crippen molar-refractivity contribution in [3.05, 3.63) is 35.4 Å². The molecule has 0 bridgehead atoms. The topological polar surface area (TPSA) is 32.3 Å². The third kappa shape index (κ3) is 4.92. The summed E-state index contributed by atoms with van der Waals surface area (Å²) >= 11 is 0. The lowest BCUT2D eigenvalue weighted by Gasteiger charge is -2.31. The molecule has 2 heteroatoms. The van der Waals surface area contributed by atoms with Crippen LogP contribution in [0.25, 0.3) is 0 Å². The van der Waals surface area contributed by atoms with Crippen LogP contribution in [0.5, 0.6) is 0 Å². The van der Waals surface area contributed by atoms with Gasteiger partial charge in [-0.1, -0.05) is 45.0 Å². The molecule has 114 valence electrons. The van der Waals surface area contributed by atoms with Crippen LogP contribution in [0.4, 0.5) is 0 Å². The molecule has 0 aliphatic heterocycles. The highest BCUT2D eigenvalue weighted by Gasteiger charge is 2.23. The van der Waals surface area contributed by atoms with Crippen LogP contribution in [0, 0.1) is 0 Å². The SMILES string of the molecule is CCC(C)c1ccc(C(O)C(CC)NC(C)(C)C)cc1. The van der Waals surface area contributed by atoms with Crippen LogP contribution >= 0.6 is 0 Å². The summed E-state index contributed by atoms with van der Waals surface area (Å²) in [7, 11) is 0. The number of rotatable bonds is 6. The molecule has 2 N–H and O–H groups in total. The summed E-state index contributed by atoms with van der Waals surface area (Å²) in [5.74, 6) is 0.580. The lowest BCUT2D eigenvalue weighted by Crippen LogP contribution is -2.46. The Kier molecular flexibility index (Phi) is 6.22. The maximum Gasteiger partial charge on any atom is 0.0943 e. The highest BCUT2D eigenvalue weighted by Crippen LogP contribution is 2.24. The first-order valence-corrected chi connectivity index (χ1v) is 7.84. The van der Waals surface area contributed by atoms with Crippen molar-refractivity contribution in [2.45, 2.75) is 78.0 Å². The van der Waals surface area contributed by atoms with E-state index in [-0.39, 0.29) is 11.6 Å². The Morgan fingerprint density at radius 3 is 1.90 bits per heavy atom. The van der Waals surface area contributed by atoms with E-state index in [0.29, 0.717) is 5.92 Å². The van der Waals surface area contributed by atoms with Crippen molar-refractivity contribution in [2.24, 2.45) is 0 Å². The second-order valence-corrected chi connectivity index (χ2v) is 6.83. The number of hydrogen-bond acceptors (Lipinski definition) is 2. The van der Waals surface area contributed by atoms with Crippen molar-refractivity contribution in [1.82, 2.24) is 5.32 Å². The Hall–Kier alpha value is -0.860. The summed E-state index contributed by atoms with van der Waals surface area (Å²) in [6.45, 7) is 13.0. The van der Waals surface area contributed by atoms with Gasteiger partial charge in [0.1, 0.15) is 0 Å². The average Bonchev–Trinajstić information content (AvgIpc) is 2.42. The molecule has 1 aromatic carbocycles. The molecule has 0 saturated heterocycles. The Morgan fingerprint density at radius 2 is 1.50 bits per heavy atom. The number of hydrogen-bond donors (Lipinski definition) is 2. The van der Waals surface area contributed by atoms with Crippen molar-refractivity contribution in [3.8, 4) is 0 Å². The smallest absolute Gasteiger partial charge is 0.0943 e. The zero-order valence-electron chi connectivity index (χ0n) is 13.9. The second kappa shape index (κ2) is 7.24. The molecule has 3 unspecified atom stereocenters. The Bertz CT molecular complexity index is 391. The fourth-order valence-electron chi connectivity index (χ4n) is 2.45. The van der Waals surface area contributed by atoms with E-state index in [1.807, 2.05) is 0 Å². The van der Waals surface area contributed by atoms with Crippen molar-refractivity contribution in [2.75, 3.05) is 0 Å². The molecular formula is C18H31NO. The largest absolute Gasteiger partial charge is 0.387 e. The molecule has 3 atom stereocenters. The van der Waals surface area contributed by atoms with Gasteiger partial charge < -0.3 is 10.4 Å². The standard InChI is InChI=1S/C18H31NO/c1-7-13(3)14-9-11-15(12-10-14)17(20)16(8-2)19-18(4,5)6/h9-13,16-17,19-20H,7-8H2,1-6H3. The van der Waals surface area contributed by atoms with Crippen LogP contribution in [-0.2, 0) is 0 Å². The van der Waals surface area contributed by atoms with Gasteiger partial charge in [0.15, 0.2) is 0 Å². The number of nitrogens with one attached hydrogen (secondary N) is 1. The fourth-order valence-corrected chi connectivity index (χ4v) is 2.45. The summed E-state index contributed by atoms with van der Waals surface area (Å²) in [4.78, 5) is 0. The third-order valence-electron chi connectivity index (χ3n) is 3.90. The van der Waals surface area contributed by atoms with Gasteiger partial charge in [-0.05, 0) is 50.7 Å². The maximum atomic E-state index is 10.6. The number of aliphatic hydroxyl groups excluding tert-OH is 1. The molecule has 0 aliphatic carbocycles. The van der Waals surface area contributed by atoms with E-state index in [2.05, 4.69) is 71.1 Å². The first kappa shape index (κ1) is 17.2. The molecule has 0 amide bonds. The Labute approximate surface area is 124 Å². The quantitative estimate of drug-likeness (QED) is 0.807. The highest BCUT2D eigenvalue weighted by atomic mass is 16.3. The molecule has 0 radical (unpaired) electrons. The Morgan fingerprint density at radius 1 is 1.00 bits per heavy atom. The van der Waals surface area contributed by atoms with E-state index in [0.717, 1.165) is 18.4 Å². The van der Waals surface area contributed by atoms with Crippen molar-refractivity contribution >= 4 is 0 Å². The minimum atomic E-state index is -0.454. The summed E-state index contributed by atoms with van der Waals surface area (Å²) in [5, 5.41) is 14.1. The zero-order chi connectivity index (χ0) is 15.3. The molecule has 1 aromatic rings. The molecule has 0 spiro atoms. The van der Waals surface area contributed by atoms with Crippen LogP contribution in [-0.4, -0.2) is 16.7 Å². The van der Waals surface area contributed by atoms with E-state index in [4.69, 9.17) is 0 Å². The van der Waals surface area contributed by atoms with Crippen molar-refractivity contribution < 1.29 is 5.11 Å². The minimum absolute atomic E-state index is 0.0122. The Balaban J connectivity index is 2.82. The summed E-state index contributed by atoms with van der Waals surface area (Å²) in [6.07, 6.45) is 1.60. The first-order chi connectivity index (χ1) is 9.28. The van der Waals surface area contributed by atoms with Gasteiger partial charge in [0.05, 0.1) is 6.10 Å². The van der Waals surface area contributed by atoms with Gasteiger partial charge in [0.2, 0.25) is 0 Å². The van der Waals surface area contributed by atoms with E-state index in [1.54, 1.807) is 0 Å². The van der Waals surface area contributed by atoms with Crippen molar-refractivity contribution in [1.29, 1.82) is 0 Å². The summed E-state index contributed by atoms with van der Waals surface area (Å²) in [6, 6.07) is 8.52. The summed E-state index contributed by atoms with van der Waals surface area (Å²) < 4.78 is 0. The van der Waals surface area contributed by atoms with Crippen molar-refractivity contribution in [3.63, 3.8) is 0 Å². The molecule has 20 heavy (non-hydrogen) atoms. The monoisotopic (exact) mass is 277 g/mol. The maximum absolute atomic E-state index is 10.6. The fraction of sp³-hybridized carbons (Fsp3) is 0.667. The number of benzene rings is 1. The van der Waals surface area contributed by atoms with Crippen LogP contribution in [0.2, 0.25) is 0 Å². The normalized spacial score (nSPS) is 16.8. The van der Waals surface area contributed by atoms with E-state index < -0.39 is 6.10 Å². The van der Waals surface area contributed by atoms with Gasteiger partial charge in [0.25, 0.3) is 0 Å². The van der Waals surface area contributed by atoms with Crippen LogP contribution in [0.15, 0.2) is 24.3 Å². The molecular weight excluding hydrogens is 246 g/mol. The first-order valence-electron chi connectivity index (χ1n) is 7.84. The molecule has 2 nitrogen and oxygen atoms in total. The van der Waals surface area contributed by atoms with Gasteiger partial charge in [0, 0.05) is 11.6 Å². The van der Waals surface area contributed by atoms with Crippen LogP contribution in [0.3, 0.4) is 0 Å². The predicted octanol–water partition coefficient (Wildman–Crippen LogP) is 4.40. The van der Waals surface area contributed by atoms with E-state index in [1.165, 1.54) is 5.56 Å². The van der Waals surface area contributed by atoms with Gasteiger partial charge in [-0.2, -0.15) is 0 Å².